The molecular formula is C37H42LiN2O6S. The van der Waals surface area contributed by atoms with Crippen LogP contribution in [0.1, 0.15) is 55.2 Å². The summed E-state index contributed by atoms with van der Waals surface area (Å²) < 4.78 is 18.3. The Labute approximate surface area is 293 Å². The Hall–Kier alpha value is -3.35. The zero-order valence-corrected chi connectivity index (χ0v) is 28.1. The number of hydrogen-bond donors (Lipinski definition) is 1. The van der Waals surface area contributed by atoms with Crippen molar-refractivity contribution in [1.29, 1.82) is 0 Å². The van der Waals surface area contributed by atoms with Crippen molar-refractivity contribution in [2.75, 3.05) is 52.5 Å². The summed E-state index contributed by atoms with van der Waals surface area (Å²) in [7, 11) is 0. The molecule has 0 saturated carbocycles. The topological polar surface area (TPSA) is 88.5 Å². The number of fused-ring (bicyclic) bond motifs is 1. The molecule has 1 radical (unpaired) electrons. The summed E-state index contributed by atoms with van der Waals surface area (Å²) in [5.41, 5.74) is 4.71. The van der Waals surface area contributed by atoms with Gasteiger partial charge in [0.1, 0.15) is 19.0 Å². The maximum Gasteiger partial charge on any atom is 1.00 e. The Bertz CT molecular complexity index is 1560. The quantitative estimate of drug-likeness (QED) is 0.144. The van der Waals surface area contributed by atoms with E-state index in [4.69, 9.17) is 19.3 Å². The minimum Gasteiger partial charge on any atom is -0.567 e. The average molecular weight is 650 g/mol. The van der Waals surface area contributed by atoms with Gasteiger partial charge in [0.05, 0.1) is 13.2 Å². The van der Waals surface area contributed by atoms with E-state index in [2.05, 4.69) is 47.4 Å². The minimum absolute atomic E-state index is 0. The Balaban J connectivity index is 0.00000433. The third-order valence-corrected chi connectivity index (χ3v) is 9.93. The zero-order valence-electron chi connectivity index (χ0n) is 27.2. The number of nitrogens with zero attached hydrogens (tertiary/aromatic N) is 2. The van der Waals surface area contributed by atoms with Gasteiger partial charge < -0.3 is 36.0 Å². The fraction of sp³-hybridized carbons (Fsp3) is 0.405. The van der Waals surface area contributed by atoms with Gasteiger partial charge in [0.2, 0.25) is 5.91 Å². The molecule has 47 heavy (non-hydrogen) atoms. The molecule has 0 spiro atoms. The molecule has 3 aliphatic heterocycles. The van der Waals surface area contributed by atoms with Crippen molar-refractivity contribution in [3.05, 3.63) is 83.4 Å². The van der Waals surface area contributed by atoms with Crippen LogP contribution in [0.5, 0.6) is 17.2 Å². The van der Waals surface area contributed by atoms with Gasteiger partial charge in [-0.1, -0.05) is 48.0 Å². The summed E-state index contributed by atoms with van der Waals surface area (Å²) in [4.78, 5) is 29.6. The van der Waals surface area contributed by atoms with E-state index in [1.54, 1.807) is 11.8 Å². The standard InChI is InChI=1S/C37H42N2O6S.Li/c40-35-9-5-19-39(35)21-24-43-29-14-11-27(12-15-29)25-31-30-7-1-2-8-34(30)46-37(31)28-13-16-32(45-23-20-38-17-3-4-18-38)33(26-28)44-22-6-10-36(41)42;/h1-2,7-8,11-16,26H,3-6,9-10,17-25H2,(H,41,42);/q-1;+1. The first-order chi connectivity index (χ1) is 22.5. The number of thioether (sulfide) groups is 1. The summed E-state index contributed by atoms with van der Waals surface area (Å²) >= 11 is 1.77. The molecule has 2 saturated heterocycles. The van der Waals surface area contributed by atoms with Gasteiger partial charge in [0.15, 0.2) is 11.5 Å². The molecule has 3 aromatic carbocycles. The minimum atomic E-state index is -0.826. The first kappa shape index (κ1) is 35.0. The number of carboxylic acid groups (broad SMARTS) is 1. The molecular weight excluding hydrogens is 607 g/mol. The number of amides is 1. The Morgan fingerprint density at radius 2 is 1.60 bits per heavy atom. The van der Waals surface area contributed by atoms with Crippen molar-refractivity contribution in [3.63, 3.8) is 0 Å². The van der Waals surface area contributed by atoms with Crippen molar-refractivity contribution in [3.8, 4) is 17.2 Å². The molecule has 10 heteroatoms. The van der Waals surface area contributed by atoms with E-state index in [-0.39, 0.29) is 31.2 Å². The monoisotopic (exact) mass is 649 g/mol. The second-order valence-electron chi connectivity index (χ2n) is 12.0. The molecule has 0 aromatic heterocycles. The van der Waals surface area contributed by atoms with Crippen LogP contribution in [0.2, 0.25) is 0 Å². The number of aliphatic carboxylic acids is 1. The molecule has 1 amide bonds. The second kappa shape index (κ2) is 17.2. The molecule has 2 fully saturated rings. The number of likely N-dealkylation sites (tertiary alicyclic amines) is 2. The smallest absolute Gasteiger partial charge is 0.567 e. The zero-order chi connectivity index (χ0) is 31.7. The van der Waals surface area contributed by atoms with Crippen molar-refractivity contribution in [2.24, 2.45) is 0 Å². The molecule has 0 unspecified atom stereocenters. The van der Waals surface area contributed by atoms with Crippen LogP contribution in [0.3, 0.4) is 0 Å². The van der Waals surface area contributed by atoms with Gasteiger partial charge in [-0.05, 0) is 86.1 Å². The fourth-order valence-electron chi connectivity index (χ4n) is 6.21. The molecule has 3 aliphatic rings. The van der Waals surface area contributed by atoms with Crippen molar-refractivity contribution in [2.45, 2.75) is 49.8 Å². The predicted octanol–water partition coefficient (Wildman–Crippen LogP) is 2.98. The van der Waals surface area contributed by atoms with Gasteiger partial charge in [-0.15, -0.1) is 0 Å². The van der Waals surface area contributed by atoms with E-state index in [0.29, 0.717) is 50.7 Å². The molecule has 3 heterocycles. The van der Waals surface area contributed by atoms with E-state index in [1.165, 1.54) is 39.3 Å². The fourth-order valence-corrected chi connectivity index (χ4v) is 7.42. The number of rotatable bonds is 16. The third-order valence-electron chi connectivity index (χ3n) is 8.67. The van der Waals surface area contributed by atoms with E-state index in [0.717, 1.165) is 50.3 Å². The summed E-state index contributed by atoms with van der Waals surface area (Å²) in [5, 5.41) is 9.10. The Morgan fingerprint density at radius 3 is 2.36 bits per heavy atom. The molecule has 0 bridgehead atoms. The van der Waals surface area contributed by atoms with E-state index >= 15 is 0 Å². The summed E-state index contributed by atoms with van der Waals surface area (Å²) in [6.45, 7) is 5.93. The maximum atomic E-state index is 11.9. The van der Waals surface area contributed by atoms with Gasteiger partial charge in [-0.25, -0.2) is 0 Å². The Kier molecular flexibility index (Phi) is 12.8. The Morgan fingerprint density at radius 1 is 0.830 bits per heavy atom. The number of carboxylic acids is 1. The molecule has 0 atom stereocenters. The summed E-state index contributed by atoms with van der Waals surface area (Å²) in [5.74, 6) is 1.52. The van der Waals surface area contributed by atoms with Gasteiger partial charge in [-0.2, -0.15) is 9.80 Å². The number of allylic oxidation sites excluding steroid dienone is 1. The normalized spacial score (nSPS) is 15.9. The average Bonchev–Trinajstić information content (AvgIpc) is 3.82. The van der Waals surface area contributed by atoms with Gasteiger partial charge in [-0.3, -0.25) is 14.5 Å². The summed E-state index contributed by atoms with van der Waals surface area (Å²) in [6.07, 6.45) is 5.31. The summed E-state index contributed by atoms with van der Waals surface area (Å²) in [6, 6.07) is 22.9. The van der Waals surface area contributed by atoms with E-state index in [9.17, 15) is 9.59 Å². The number of carbonyl (C=O) groups excluding carboxylic acids is 1. The molecule has 1 N–H and O–H groups in total. The first-order valence-corrected chi connectivity index (χ1v) is 17.2. The second-order valence-corrected chi connectivity index (χ2v) is 13.0. The van der Waals surface area contributed by atoms with Crippen molar-refractivity contribution in [1.82, 2.24) is 9.80 Å². The molecule has 8 nitrogen and oxygen atoms in total. The molecule has 6 rings (SSSR count). The van der Waals surface area contributed by atoms with E-state index < -0.39 is 5.97 Å². The largest absolute Gasteiger partial charge is 1.00 e. The van der Waals surface area contributed by atoms with Crippen molar-refractivity contribution < 1.29 is 47.8 Å². The number of benzene rings is 3. The van der Waals surface area contributed by atoms with Crippen LogP contribution in [0.25, 0.3) is 10.5 Å². The van der Waals surface area contributed by atoms with Crippen molar-refractivity contribution >= 4 is 34.1 Å². The van der Waals surface area contributed by atoms with Crippen LogP contribution in [0.4, 0.5) is 0 Å². The molecule has 0 aliphatic carbocycles. The van der Waals surface area contributed by atoms with Crippen LogP contribution in [0, 0.1) is 0 Å². The SMILES string of the molecule is O=C(O)CCCOc1cc(C2=C(Cc3ccc(OCCN4CCCC4=O)cc3)c3ccccc3[S-]2)ccc1OCCN1CCCC1.[Li+]. The number of ether oxygens (including phenoxy) is 3. The van der Waals surface area contributed by atoms with Crippen LogP contribution >= 0.6 is 0 Å². The molecule has 243 valence electrons. The van der Waals surface area contributed by atoms with Gasteiger partial charge >= 0.3 is 24.8 Å². The van der Waals surface area contributed by atoms with Crippen LogP contribution in [-0.2, 0) is 27.8 Å². The first-order valence-electron chi connectivity index (χ1n) is 16.4. The van der Waals surface area contributed by atoms with Crippen LogP contribution in [-0.4, -0.2) is 79.3 Å². The third kappa shape index (κ3) is 9.39. The van der Waals surface area contributed by atoms with Crippen LogP contribution in [0.15, 0.2) is 71.6 Å². The molecule has 3 aromatic rings. The number of carbonyl (C=O) groups is 2. The maximum absolute atomic E-state index is 11.9. The van der Waals surface area contributed by atoms with Gasteiger partial charge in [0.25, 0.3) is 0 Å². The van der Waals surface area contributed by atoms with Crippen LogP contribution < -0.4 is 33.1 Å². The predicted molar refractivity (Wildman–Crippen MR) is 180 cm³/mol. The van der Waals surface area contributed by atoms with E-state index in [1.807, 2.05) is 29.2 Å². The number of hydrogen-bond acceptors (Lipinski definition) is 7. The van der Waals surface area contributed by atoms with Gasteiger partial charge in [0, 0.05) is 25.9 Å².